The molecule has 0 unspecified atom stereocenters. The van der Waals surface area contributed by atoms with Gasteiger partial charge in [-0.2, -0.15) is 4.37 Å². The zero-order chi connectivity index (χ0) is 14.5. The van der Waals surface area contributed by atoms with Gasteiger partial charge in [-0.1, -0.05) is 13.8 Å². The van der Waals surface area contributed by atoms with E-state index in [9.17, 15) is 0 Å². The van der Waals surface area contributed by atoms with Crippen molar-refractivity contribution in [3.05, 3.63) is 24.0 Å². The van der Waals surface area contributed by atoms with E-state index in [2.05, 4.69) is 28.5 Å². The lowest BCUT2D eigenvalue weighted by molar-refractivity contribution is 0.311. The molecule has 1 aromatic carbocycles. The molecule has 0 fully saturated rings. The number of aromatic nitrogens is 2. The molecule has 2 rings (SSSR count). The fourth-order valence-corrected chi connectivity index (χ4v) is 2.39. The van der Waals surface area contributed by atoms with E-state index >= 15 is 0 Å². The Morgan fingerprint density at radius 1 is 1.30 bits per heavy atom. The maximum atomic E-state index is 5.49. The van der Waals surface area contributed by atoms with Crippen LogP contribution in [0.1, 0.15) is 32.5 Å². The molecule has 0 radical (unpaired) electrons. The van der Waals surface area contributed by atoms with Crippen LogP contribution in [0.15, 0.2) is 18.2 Å². The topological polar surface area (TPSA) is 56.3 Å². The Bertz CT molecular complexity index is 569. The summed E-state index contributed by atoms with van der Waals surface area (Å²) in [5.74, 6) is 2.62. The van der Waals surface area contributed by atoms with Crippen molar-refractivity contribution < 1.29 is 9.47 Å². The molecule has 6 heteroatoms. The maximum Gasteiger partial charge on any atom is 0.207 e. The van der Waals surface area contributed by atoms with E-state index in [1.807, 2.05) is 25.1 Å². The largest absolute Gasteiger partial charge is 0.493 e. The first-order valence-electron chi connectivity index (χ1n) is 6.55. The Morgan fingerprint density at radius 3 is 2.70 bits per heavy atom. The molecular weight excluding hydrogens is 274 g/mol. The third-order valence-corrected chi connectivity index (χ3v) is 3.32. The van der Waals surface area contributed by atoms with E-state index in [0.29, 0.717) is 18.3 Å². The summed E-state index contributed by atoms with van der Waals surface area (Å²) >= 11 is 1.36. The molecule has 0 saturated carbocycles. The van der Waals surface area contributed by atoms with Crippen LogP contribution in [0.2, 0.25) is 0 Å². The van der Waals surface area contributed by atoms with Gasteiger partial charge in [0.15, 0.2) is 11.5 Å². The van der Waals surface area contributed by atoms with Gasteiger partial charge in [0.1, 0.15) is 5.82 Å². The molecule has 1 N–H and O–H groups in total. The number of nitrogens with zero attached hydrogens (tertiary/aromatic N) is 2. The highest BCUT2D eigenvalue weighted by atomic mass is 32.1. The first-order valence-corrected chi connectivity index (χ1v) is 7.32. The number of ether oxygens (including phenoxy) is 2. The summed E-state index contributed by atoms with van der Waals surface area (Å²) in [7, 11) is 1.63. The molecule has 1 aromatic heterocycles. The van der Waals surface area contributed by atoms with Gasteiger partial charge in [0.25, 0.3) is 0 Å². The van der Waals surface area contributed by atoms with Crippen LogP contribution in [-0.4, -0.2) is 23.1 Å². The Morgan fingerprint density at radius 2 is 2.10 bits per heavy atom. The average molecular weight is 293 g/mol. The molecule has 0 bridgehead atoms. The number of methoxy groups -OCH3 is 1. The van der Waals surface area contributed by atoms with Gasteiger partial charge in [-0.3, -0.25) is 0 Å². The maximum absolute atomic E-state index is 5.49. The molecule has 20 heavy (non-hydrogen) atoms. The van der Waals surface area contributed by atoms with Crippen molar-refractivity contribution in [1.82, 2.24) is 9.36 Å². The van der Waals surface area contributed by atoms with Crippen molar-refractivity contribution in [3.63, 3.8) is 0 Å². The van der Waals surface area contributed by atoms with Gasteiger partial charge in [0.05, 0.1) is 13.7 Å². The predicted molar refractivity (Wildman–Crippen MR) is 81.4 cm³/mol. The van der Waals surface area contributed by atoms with Crippen LogP contribution in [0.25, 0.3) is 0 Å². The second-order valence-corrected chi connectivity index (χ2v) is 5.29. The zero-order valence-corrected chi connectivity index (χ0v) is 13.0. The Hall–Kier alpha value is -1.82. The van der Waals surface area contributed by atoms with Crippen LogP contribution in [0, 0.1) is 0 Å². The molecule has 0 spiro atoms. The van der Waals surface area contributed by atoms with Crippen molar-refractivity contribution in [3.8, 4) is 11.5 Å². The van der Waals surface area contributed by atoms with Crippen LogP contribution < -0.4 is 14.8 Å². The summed E-state index contributed by atoms with van der Waals surface area (Å²) in [6.07, 6.45) is 0. The zero-order valence-electron chi connectivity index (χ0n) is 12.1. The molecule has 1 heterocycles. The number of anilines is 2. The van der Waals surface area contributed by atoms with Gasteiger partial charge < -0.3 is 14.8 Å². The summed E-state index contributed by atoms with van der Waals surface area (Å²) in [5, 5.41) is 4.01. The lowest BCUT2D eigenvalue weighted by atomic mass is 10.2. The molecule has 0 amide bonds. The van der Waals surface area contributed by atoms with Gasteiger partial charge >= 0.3 is 0 Å². The van der Waals surface area contributed by atoms with Gasteiger partial charge in [0.2, 0.25) is 5.13 Å². The summed E-state index contributed by atoms with van der Waals surface area (Å²) in [6.45, 7) is 6.70. The van der Waals surface area contributed by atoms with Crippen LogP contribution in [0.4, 0.5) is 10.8 Å². The quantitative estimate of drug-likeness (QED) is 0.877. The molecule has 0 atom stereocenters. The number of rotatable bonds is 6. The molecule has 0 aliphatic heterocycles. The van der Waals surface area contributed by atoms with Crippen molar-refractivity contribution in [2.45, 2.75) is 26.7 Å². The van der Waals surface area contributed by atoms with E-state index in [4.69, 9.17) is 9.47 Å². The molecule has 0 aliphatic rings. The summed E-state index contributed by atoms with van der Waals surface area (Å²) in [4.78, 5) is 4.44. The predicted octanol–water partition coefficient (Wildman–Crippen LogP) is 3.81. The first kappa shape index (κ1) is 14.6. The molecule has 5 nitrogen and oxygen atoms in total. The minimum absolute atomic E-state index is 0.330. The van der Waals surface area contributed by atoms with E-state index < -0.39 is 0 Å². The van der Waals surface area contributed by atoms with Crippen molar-refractivity contribution in [1.29, 1.82) is 0 Å². The van der Waals surface area contributed by atoms with Crippen molar-refractivity contribution in [2.24, 2.45) is 0 Å². The van der Waals surface area contributed by atoms with Crippen LogP contribution >= 0.6 is 11.5 Å². The van der Waals surface area contributed by atoms with Crippen molar-refractivity contribution in [2.75, 3.05) is 19.0 Å². The SMILES string of the molecule is CCOc1ccc(Nc2nc(C(C)C)ns2)cc1OC. The monoisotopic (exact) mass is 293 g/mol. The number of benzene rings is 1. The van der Waals surface area contributed by atoms with Gasteiger partial charge in [-0.05, 0) is 19.1 Å². The van der Waals surface area contributed by atoms with E-state index in [1.165, 1.54) is 11.5 Å². The van der Waals surface area contributed by atoms with Gasteiger partial charge in [-0.25, -0.2) is 4.98 Å². The second-order valence-electron chi connectivity index (χ2n) is 4.54. The van der Waals surface area contributed by atoms with E-state index in [1.54, 1.807) is 7.11 Å². The summed E-state index contributed by atoms with van der Waals surface area (Å²) < 4.78 is 15.1. The molecule has 2 aromatic rings. The highest BCUT2D eigenvalue weighted by Gasteiger charge is 2.09. The van der Waals surface area contributed by atoms with E-state index in [0.717, 1.165) is 22.4 Å². The first-order chi connectivity index (χ1) is 9.63. The smallest absolute Gasteiger partial charge is 0.207 e. The second kappa shape index (κ2) is 6.56. The third kappa shape index (κ3) is 3.39. The molecule has 0 saturated heterocycles. The Kier molecular flexibility index (Phi) is 4.79. The fraction of sp³-hybridized carbons (Fsp3) is 0.429. The van der Waals surface area contributed by atoms with Crippen LogP contribution in [0.3, 0.4) is 0 Å². The minimum atomic E-state index is 0.330. The van der Waals surface area contributed by atoms with Crippen LogP contribution in [0.5, 0.6) is 11.5 Å². The average Bonchev–Trinajstić information content (AvgIpc) is 2.89. The Balaban J connectivity index is 2.16. The highest BCUT2D eigenvalue weighted by Crippen LogP contribution is 2.32. The van der Waals surface area contributed by atoms with E-state index in [-0.39, 0.29) is 0 Å². The lowest BCUT2D eigenvalue weighted by Crippen LogP contribution is -1.97. The summed E-state index contributed by atoms with van der Waals surface area (Å²) in [5.41, 5.74) is 0.900. The van der Waals surface area contributed by atoms with Gasteiger partial charge in [-0.15, -0.1) is 0 Å². The number of nitrogens with one attached hydrogen (secondary N) is 1. The normalized spacial score (nSPS) is 10.7. The minimum Gasteiger partial charge on any atom is -0.493 e. The number of hydrogen-bond acceptors (Lipinski definition) is 6. The Labute approximate surface area is 123 Å². The fourth-order valence-electron chi connectivity index (χ4n) is 1.66. The molecule has 0 aliphatic carbocycles. The van der Waals surface area contributed by atoms with Crippen molar-refractivity contribution >= 4 is 22.4 Å². The van der Waals surface area contributed by atoms with Gasteiger partial charge in [0, 0.05) is 29.2 Å². The lowest BCUT2D eigenvalue weighted by Gasteiger charge is -2.11. The van der Waals surface area contributed by atoms with Crippen LogP contribution in [-0.2, 0) is 0 Å². The number of hydrogen-bond donors (Lipinski definition) is 1. The third-order valence-electron chi connectivity index (χ3n) is 2.67. The molecular formula is C14H19N3O2S. The summed E-state index contributed by atoms with van der Waals surface area (Å²) in [6, 6.07) is 5.71. The highest BCUT2D eigenvalue weighted by molar-refractivity contribution is 7.09. The standard InChI is InChI=1S/C14H19N3O2S/c1-5-19-11-7-6-10(8-12(11)18-4)15-14-16-13(9(2)3)17-20-14/h6-9H,5H2,1-4H3,(H,15,16,17). The molecule has 108 valence electrons.